The van der Waals surface area contributed by atoms with Gasteiger partial charge in [0.1, 0.15) is 0 Å². The predicted molar refractivity (Wildman–Crippen MR) is 96.2 cm³/mol. The molecule has 1 rings (SSSR count). The van der Waals surface area contributed by atoms with E-state index in [0.717, 1.165) is 6.54 Å². The van der Waals surface area contributed by atoms with E-state index in [4.69, 9.17) is 0 Å². The molecule has 4 unspecified atom stereocenters. The normalized spacial score (nSPS) is 29.1. The molecule has 2 nitrogen and oxygen atoms in total. The first-order chi connectivity index (χ1) is 10.1. The number of thioether (sulfide) groups is 1. The quantitative estimate of drug-likeness (QED) is 0.768. The Kier molecular flexibility index (Phi) is 10.8. The first-order valence-electron chi connectivity index (χ1n) is 9.22. The molecule has 21 heavy (non-hydrogen) atoms. The number of hydrogen-bond donors (Lipinski definition) is 2. The van der Waals surface area contributed by atoms with Crippen LogP contribution in [0.4, 0.5) is 0 Å². The summed E-state index contributed by atoms with van der Waals surface area (Å²) in [5.74, 6) is 0. The minimum absolute atomic E-state index is 0.210. The summed E-state index contributed by atoms with van der Waals surface area (Å²) in [5.41, 5.74) is 0. The van der Waals surface area contributed by atoms with Crippen LogP contribution in [0.1, 0.15) is 85.0 Å². The Morgan fingerprint density at radius 1 is 0.952 bits per heavy atom. The number of aliphatic hydroxyl groups is 1. The summed E-state index contributed by atoms with van der Waals surface area (Å²) in [6, 6.07) is 0.626. The van der Waals surface area contributed by atoms with E-state index in [1.54, 1.807) is 0 Å². The summed E-state index contributed by atoms with van der Waals surface area (Å²) < 4.78 is 0. The van der Waals surface area contributed by atoms with Gasteiger partial charge in [0.2, 0.25) is 0 Å². The number of aliphatic hydroxyl groups excluding tert-OH is 1. The molecule has 4 atom stereocenters. The molecule has 0 saturated heterocycles. The van der Waals surface area contributed by atoms with Crippen LogP contribution in [0.2, 0.25) is 0 Å². The van der Waals surface area contributed by atoms with Gasteiger partial charge in [-0.2, -0.15) is 11.8 Å². The monoisotopic (exact) mass is 315 g/mol. The van der Waals surface area contributed by atoms with E-state index in [2.05, 4.69) is 19.2 Å². The average Bonchev–Trinajstić information content (AvgIpc) is 2.44. The van der Waals surface area contributed by atoms with E-state index in [-0.39, 0.29) is 6.10 Å². The molecule has 1 aliphatic rings. The number of hydrogen-bond acceptors (Lipinski definition) is 3. The Morgan fingerprint density at radius 3 is 2.00 bits per heavy atom. The van der Waals surface area contributed by atoms with Crippen LogP contribution in [-0.4, -0.2) is 34.3 Å². The zero-order chi connectivity index (χ0) is 15.5. The fourth-order valence-electron chi connectivity index (χ4n) is 3.21. The second-order valence-corrected chi connectivity index (χ2v) is 8.31. The van der Waals surface area contributed by atoms with Crippen LogP contribution in [0.5, 0.6) is 0 Å². The van der Waals surface area contributed by atoms with Crippen molar-refractivity contribution in [3.05, 3.63) is 0 Å². The van der Waals surface area contributed by atoms with Crippen LogP contribution in [0, 0.1) is 0 Å². The lowest BCUT2D eigenvalue weighted by Crippen LogP contribution is -2.39. The van der Waals surface area contributed by atoms with Crippen molar-refractivity contribution in [3.63, 3.8) is 0 Å². The highest BCUT2D eigenvalue weighted by Gasteiger charge is 2.24. The van der Waals surface area contributed by atoms with Crippen LogP contribution in [-0.2, 0) is 0 Å². The second kappa shape index (κ2) is 11.8. The van der Waals surface area contributed by atoms with E-state index in [9.17, 15) is 5.11 Å². The maximum atomic E-state index is 9.84. The molecule has 0 aromatic heterocycles. The Balaban J connectivity index is 2.60. The summed E-state index contributed by atoms with van der Waals surface area (Å²) in [6.45, 7) is 7.38. The molecule has 126 valence electrons. The standard InChI is InChI=1S/C18H37NOS/c1-4-19-17-13-11-9-7-5-6-8-10-12-14-18(17)21-16(3)15(2)20/h15-20H,4-14H2,1-3H3. The highest BCUT2D eigenvalue weighted by Crippen LogP contribution is 2.30. The van der Waals surface area contributed by atoms with Gasteiger partial charge in [-0.15, -0.1) is 0 Å². The van der Waals surface area contributed by atoms with E-state index in [1.165, 1.54) is 64.2 Å². The van der Waals surface area contributed by atoms with Gasteiger partial charge in [0.15, 0.2) is 0 Å². The highest BCUT2D eigenvalue weighted by atomic mass is 32.2. The van der Waals surface area contributed by atoms with Crippen molar-refractivity contribution in [2.45, 2.75) is 108 Å². The topological polar surface area (TPSA) is 32.3 Å². The van der Waals surface area contributed by atoms with Crippen LogP contribution < -0.4 is 5.32 Å². The molecular weight excluding hydrogens is 278 g/mol. The van der Waals surface area contributed by atoms with Crippen molar-refractivity contribution in [2.24, 2.45) is 0 Å². The lowest BCUT2D eigenvalue weighted by molar-refractivity contribution is 0.196. The minimum Gasteiger partial charge on any atom is -0.392 e. The first-order valence-corrected chi connectivity index (χ1v) is 10.2. The summed E-state index contributed by atoms with van der Waals surface area (Å²) in [6.07, 6.45) is 13.6. The molecule has 0 heterocycles. The lowest BCUT2D eigenvalue weighted by Gasteiger charge is -2.31. The van der Waals surface area contributed by atoms with Crippen LogP contribution in [0.15, 0.2) is 0 Å². The maximum absolute atomic E-state index is 9.84. The summed E-state index contributed by atoms with van der Waals surface area (Å²) in [5, 5.41) is 14.6. The fraction of sp³-hybridized carbons (Fsp3) is 1.00. The van der Waals surface area contributed by atoms with Crippen LogP contribution >= 0.6 is 11.8 Å². The van der Waals surface area contributed by atoms with E-state index in [1.807, 2.05) is 18.7 Å². The molecule has 0 amide bonds. The third-order valence-corrected chi connectivity index (χ3v) is 6.47. The third-order valence-electron chi connectivity index (χ3n) is 4.74. The molecular formula is C18H37NOS. The van der Waals surface area contributed by atoms with Crippen LogP contribution in [0.25, 0.3) is 0 Å². The lowest BCUT2D eigenvalue weighted by atomic mass is 9.97. The molecule has 0 aliphatic heterocycles. The average molecular weight is 316 g/mol. The van der Waals surface area contributed by atoms with Gasteiger partial charge in [0, 0.05) is 16.5 Å². The SMILES string of the molecule is CCNC1CCCCCCCCCCC1SC(C)C(C)O. The van der Waals surface area contributed by atoms with Crippen molar-refractivity contribution in [2.75, 3.05) is 6.54 Å². The van der Waals surface area contributed by atoms with Gasteiger partial charge in [-0.25, -0.2) is 0 Å². The molecule has 0 bridgehead atoms. The van der Waals surface area contributed by atoms with E-state index < -0.39 is 0 Å². The maximum Gasteiger partial charge on any atom is 0.0628 e. The zero-order valence-corrected chi connectivity index (χ0v) is 15.3. The molecule has 1 aliphatic carbocycles. The van der Waals surface area contributed by atoms with Crippen molar-refractivity contribution >= 4 is 11.8 Å². The summed E-state index contributed by atoms with van der Waals surface area (Å²) >= 11 is 2.01. The number of rotatable bonds is 5. The van der Waals surface area contributed by atoms with Gasteiger partial charge in [0.05, 0.1) is 6.10 Å². The largest absolute Gasteiger partial charge is 0.392 e. The van der Waals surface area contributed by atoms with Gasteiger partial charge in [0.25, 0.3) is 0 Å². The third kappa shape index (κ3) is 8.47. The van der Waals surface area contributed by atoms with Crippen molar-refractivity contribution in [3.8, 4) is 0 Å². The fourth-order valence-corrected chi connectivity index (χ4v) is 4.71. The zero-order valence-electron chi connectivity index (χ0n) is 14.4. The Hall–Kier alpha value is 0.270. The van der Waals surface area contributed by atoms with Crippen LogP contribution in [0.3, 0.4) is 0 Å². The van der Waals surface area contributed by atoms with E-state index in [0.29, 0.717) is 16.5 Å². The van der Waals surface area contributed by atoms with Gasteiger partial charge in [-0.05, 0) is 26.3 Å². The Bertz CT molecular complexity index is 247. The van der Waals surface area contributed by atoms with Gasteiger partial charge >= 0.3 is 0 Å². The molecule has 2 N–H and O–H groups in total. The van der Waals surface area contributed by atoms with Crippen molar-refractivity contribution in [1.82, 2.24) is 5.32 Å². The minimum atomic E-state index is -0.210. The van der Waals surface area contributed by atoms with Crippen molar-refractivity contribution < 1.29 is 5.11 Å². The van der Waals surface area contributed by atoms with E-state index >= 15 is 0 Å². The molecule has 0 spiro atoms. The van der Waals surface area contributed by atoms with Gasteiger partial charge in [-0.3, -0.25) is 0 Å². The molecule has 0 aromatic rings. The van der Waals surface area contributed by atoms with Gasteiger partial charge in [-0.1, -0.05) is 65.2 Å². The first kappa shape index (κ1) is 19.3. The molecule has 0 radical (unpaired) electrons. The second-order valence-electron chi connectivity index (χ2n) is 6.69. The number of nitrogens with one attached hydrogen (secondary N) is 1. The summed E-state index contributed by atoms with van der Waals surface area (Å²) in [4.78, 5) is 0. The Morgan fingerprint density at radius 2 is 1.48 bits per heavy atom. The molecule has 1 fully saturated rings. The highest BCUT2D eigenvalue weighted by molar-refractivity contribution is 8.00. The Labute approximate surface area is 136 Å². The predicted octanol–water partition coefficient (Wildman–Crippen LogP) is 4.75. The smallest absolute Gasteiger partial charge is 0.0628 e. The van der Waals surface area contributed by atoms with Gasteiger partial charge < -0.3 is 10.4 Å². The van der Waals surface area contributed by atoms with Crippen molar-refractivity contribution in [1.29, 1.82) is 0 Å². The molecule has 1 saturated carbocycles. The molecule has 0 aromatic carbocycles. The molecule has 3 heteroatoms. The summed E-state index contributed by atoms with van der Waals surface area (Å²) in [7, 11) is 0.